The van der Waals surface area contributed by atoms with E-state index >= 15 is 0 Å². The highest BCUT2D eigenvalue weighted by Crippen LogP contribution is 2.40. The van der Waals surface area contributed by atoms with Gasteiger partial charge in [-0.25, -0.2) is 44.7 Å². The molecule has 0 aliphatic heterocycles. The normalized spacial score (nSPS) is 11.5. The van der Waals surface area contributed by atoms with Gasteiger partial charge in [0.25, 0.3) is 0 Å². The highest BCUT2D eigenvalue weighted by molar-refractivity contribution is 5.96. The van der Waals surface area contributed by atoms with Crippen molar-refractivity contribution in [2.75, 3.05) is 17.2 Å². The zero-order chi connectivity index (χ0) is 87.8. The summed E-state index contributed by atoms with van der Waals surface area (Å²) in [4.78, 5) is 69.5. The van der Waals surface area contributed by atoms with Gasteiger partial charge < -0.3 is 32.3 Å². The van der Waals surface area contributed by atoms with Gasteiger partial charge in [0.1, 0.15) is 40.8 Å². The van der Waals surface area contributed by atoms with Crippen LogP contribution in [0.3, 0.4) is 0 Å². The summed E-state index contributed by atoms with van der Waals surface area (Å²) in [5, 5.41) is 9.36. The summed E-state index contributed by atoms with van der Waals surface area (Å²) < 4.78 is 12.8. The molecule has 0 fully saturated rings. The van der Waals surface area contributed by atoms with Crippen LogP contribution in [0.4, 0.5) is 17.1 Å². The number of aromatic amines is 2. The van der Waals surface area contributed by atoms with Crippen LogP contribution in [0.15, 0.2) is 376 Å². The molecule has 8 aromatic heterocycles. The van der Waals surface area contributed by atoms with Crippen LogP contribution in [0, 0.1) is 6.92 Å². The van der Waals surface area contributed by atoms with Gasteiger partial charge in [-0.1, -0.05) is 182 Å². The van der Waals surface area contributed by atoms with E-state index in [0.717, 1.165) is 213 Å². The fraction of sp³-hybridized carbons (Fsp3) is 0.0185. The van der Waals surface area contributed by atoms with Gasteiger partial charge in [0, 0.05) is 84.3 Å². The van der Waals surface area contributed by atoms with Crippen LogP contribution >= 0.6 is 0 Å². The lowest BCUT2D eigenvalue weighted by molar-refractivity contribution is 0.0696. The number of rotatable bonds is 15. The smallest absolute Gasteiger partial charge is 0.335 e. The van der Waals surface area contributed by atoms with Crippen LogP contribution < -0.4 is 17.2 Å². The molecule has 22 nitrogen and oxygen atoms in total. The first-order valence-electron chi connectivity index (χ1n) is 42.4. The summed E-state index contributed by atoms with van der Waals surface area (Å²) in [7, 11) is 0. The molecule has 0 atom stereocenters. The zero-order valence-electron chi connectivity index (χ0n) is 70.1. The topological polar surface area (TPSA) is 297 Å². The van der Waals surface area contributed by atoms with Crippen molar-refractivity contribution in [2.24, 2.45) is 0 Å². The molecule has 9 N–H and O–H groups in total. The maximum absolute atomic E-state index is 11.9. The molecule has 0 spiro atoms. The van der Waals surface area contributed by atoms with Gasteiger partial charge in [0.05, 0.1) is 112 Å². The standard InChI is InChI=1S/C40H26N8.C35H24N4O3.C33H27N7/c1-2-8-25(9-3-1)38-43-31-21-19-29(23-35(31)44-38)48-37-13-7-5-11-33(37)46-40(48)27-16-14-26(15-17-27)39-45-32-10-4-6-12-36(32)47(39)28-18-20-30-34(22-28)42-24-41-30;1-22(40)23-14-18-27(19-15-23)38-31-8-4-2-6-29(31)36-33(38)24-10-12-25(13-11-24)34-37-30-7-3-5-9-32(30)39(34)28-20-16-26(17-21-28)35(41)42;1-20-10-15-23(18-26(20)35)39-30-8-4-2-6-28(30)37-32(39)21-11-13-22(14-12-21)33-38-29-7-3-5-9-31(29)40(33)24-16-17-25(34)27(36)19-24/h1-24H,(H,41,42)(H,43,44);2-21H,1H3,(H,41,42);2-19H,34-36H2,1H3. The molecule has 24 rings (SSSR count). The lowest BCUT2D eigenvalue weighted by atomic mass is 10.1. The van der Waals surface area contributed by atoms with Crippen LogP contribution in [-0.4, -0.2) is 94.1 Å². The minimum Gasteiger partial charge on any atom is -0.478 e. The lowest BCUT2D eigenvalue weighted by Gasteiger charge is -2.13. The number of aromatic nitrogens is 16. The minimum atomic E-state index is -0.964. The molecule has 0 aliphatic rings. The van der Waals surface area contributed by atoms with Gasteiger partial charge >= 0.3 is 5.97 Å². The van der Waals surface area contributed by atoms with Crippen LogP contribution in [0.5, 0.6) is 0 Å². The quantitative estimate of drug-likeness (QED) is 0.0411. The van der Waals surface area contributed by atoms with E-state index < -0.39 is 5.97 Å². The first-order valence-corrected chi connectivity index (χ1v) is 42.4. The Balaban J connectivity index is 0.000000115. The maximum atomic E-state index is 11.9. The molecule has 0 saturated carbocycles. The van der Waals surface area contributed by atoms with Gasteiger partial charge in [0.2, 0.25) is 0 Å². The van der Waals surface area contributed by atoms with E-state index in [0.29, 0.717) is 16.9 Å². The lowest BCUT2D eigenvalue weighted by Crippen LogP contribution is -2.01. The van der Waals surface area contributed by atoms with Crippen molar-refractivity contribution in [3.63, 3.8) is 0 Å². The van der Waals surface area contributed by atoms with Crippen LogP contribution in [0.25, 0.3) is 202 Å². The molecule has 22 heteroatoms. The number of nitrogen functional groups attached to an aromatic ring is 3. The number of ketones is 1. The van der Waals surface area contributed by atoms with E-state index in [1.807, 2.05) is 212 Å². The maximum Gasteiger partial charge on any atom is 0.335 e. The number of aryl methyl sites for hydroxylation is 1. The number of carbonyl (C=O) groups excluding carboxylic acids is 1. The van der Waals surface area contributed by atoms with Crippen molar-refractivity contribution in [1.29, 1.82) is 0 Å². The summed E-state index contributed by atoms with van der Waals surface area (Å²) in [5.41, 5.74) is 49.9. The number of benzene rings is 16. The summed E-state index contributed by atoms with van der Waals surface area (Å²) in [6.07, 6.45) is 1.72. The average molecular weight is 1690 g/mol. The Morgan fingerprint density at radius 2 is 0.585 bits per heavy atom. The number of anilines is 3. The first-order chi connectivity index (χ1) is 63.7. The molecule has 130 heavy (non-hydrogen) atoms. The largest absolute Gasteiger partial charge is 0.478 e. The van der Waals surface area contributed by atoms with E-state index in [2.05, 4.69) is 183 Å². The zero-order valence-corrected chi connectivity index (χ0v) is 70.1. The number of aromatic carboxylic acids is 1. The van der Waals surface area contributed by atoms with Crippen molar-refractivity contribution in [3.8, 4) is 114 Å². The number of nitrogens with zero attached hydrogens (tertiary/aromatic N) is 14. The van der Waals surface area contributed by atoms with Crippen molar-refractivity contribution in [2.45, 2.75) is 13.8 Å². The predicted molar refractivity (Wildman–Crippen MR) is 519 cm³/mol. The second-order valence-corrected chi connectivity index (χ2v) is 31.9. The van der Waals surface area contributed by atoms with Crippen molar-refractivity contribution in [3.05, 3.63) is 393 Å². The van der Waals surface area contributed by atoms with Gasteiger partial charge in [-0.05, 0) is 207 Å². The van der Waals surface area contributed by atoms with Gasteiger partial charge in [-0.3, -0.25) is 32.2 Å². The number of Topliss-reactive ketones (excluding diaryl/α,β-unsaturated/α-hetero) is 1. The number of hydrogen-bond acceptors (Lipinski definition) is 13. The van der Waals surface area contributed by atoms with Crippen LogP contribution in [0.2, 0.25) is 0 Å². The molecule has 24 aromatic rings. The van der Waals surface area contributed by atoms with Crippen molar-refractivity contribution in [1.82, 2.24) is 77.2 Å². The molecular weight excluding hydrogens is 1610 g/mol. The Labute approximate surface area is 742 Å². The number of fused-ring (bicyclic) bond motifs is 8. The van der Waals surface area contributed by atoms with E-state index in [-0.39, 0.29) is 11.3 Å². The molecule has 16 aromatic carbocycles. The Kier molecular flexibility index (Phi) is 19.3. The third-order valence-electron chi connectivity index (χ3n) is 23.8. The monoisotopic (exact) mass is 1690 g/mol. The number of carboxylic acids is 1. The Morgan fingerprint density at radius 3 is 0.946 bits per heavy atom. The molecule has 0 radical (unpaired) electrons. The summed E-state index contributed by atoms with van der Waals surface area (Å²) in [5.74, 6) is 4.83. The van der Waals surface area contributed by atoms with Crippen molar-refractivity contribution < 1.29 is 14.7 Å². The molecule has 0 unspecified atom stereocenters. The molecule has 0 saturated heterocycles. The Morgan fingerprint density at radius 1 is 0.277 bits per heavy atom. The fourth-order valence-electron chi connectivity index (χ4n) is 17.2. The molecule has 622 valence electrons. The highest BCUT2D eigenvalue weighted by Gasteiger charge is 2.25. The molecular formula is C108H77N19O3. The molecule has 0 aliphatic carbocycles. The summed E-state index contributed by atoms with van der Waals surface area (Å²) in [6.45, 7) is 3.57. The number of hydrogen-bond donors (Lipinski definition) is 6. The van der Waals surface area contributed by atoms with E-state index in [9.17, 15) is 14.7 Å². The number of carbonyl (C=O) groups is 2. The first kappa shape index (κ1) is 77.8. The van der Waals surface area contributed by atoms with E-state index in [4.69, 9.17) is 52.1 Å². The van der Waals surface area contributed by atoms with Gasteiger partial charge in [0.15, 0.2) is 5.78 Å². The SMILES string of the molecule is CC(=O)c1ccc(-n2c(-c3ccc(-c4nc5ccccc5n4-c4ccc(C(=O)O)cc4)cc3)nc3ccccc32)cc1.Cc1ccc(-n2c(-c3ccc(-c4nc5ccccc5n4-c4ccc(N)c(N)c4)cc3)nc3ccccc32)cc1N.c1ccc(-c2nc3cc(-n4c(-c5ccc(-c6nc7ccccc7n6-c6ccc7[nH]cnc7c6)cc5)nc5ccccc54)ccc3[nH]2)cc1. The third kappa shape index (κ3) is 14.1. The summed E-state index contributed by atoms with van der Waals surface area (Å²) >= 11 is 0. The van der Waals surface area contributed by atoms with E-state index in [1.54, 1.807) is 37.5 Å². The summed E-state index contributed by atoms with van der Waals surface area (Å²) in [6, 6.07) is 123. The molecule has 0 amide bonds. The fourth-order valence-corrected chi connectivity index (χ4v) is 17.2. The number of para-hydroxylation sites is 12. The number of nitrogens with one attached hydrogen (secondary N) is 2. The van der Waals surface area contributed by atoms with E-state index in [1.165, 1.54) is 0 Å². The second kappa shape index (κ2) is 32.2. The van der Waals surface area contributed by atoms with Crippen LogP contribution in [-0.2, 0) is 0 Å². The third-order valence-corrected chi connectivity index (χ3v) is 23.8. The number of nitrogens with two attached hydrogens (primary N) is 3. The minimum absolute atomic E-state index is 0.0247. The van der Waals surface area contributed by atoms with Crippen molar-refractivity contribution >= 4 is 117 Å². The highest BCUT2D eigenvalue weighted by atomic mass is 16.4. The average Bonchev–Trinajstić information content (AvgIpc) is 1.62. The number of imidazole rings is 8. The van der Waals surface area contributed by atoms with Crippen LogP contribution in [0.1, 0.15) is 33.2 Å². The second-order valence-electron chi connectivity index (χ2n) is 31.9. The molecule has 0 bridgehead atoms. The Bertz CT molecular complexity index is 8220. The Hall–Kier alpha value is -18.2. The number of H-pyrrole nitrogens is 2. The van der Waals surface area contributed by atoms with Gasteiger partial charge in [-0.15, -0.1) is 0 Å². The number of carboxylic acid groups (broad SMARTS) is 1. The predicted octanol–water partition coefficient (Wildman–Crippen LogP) is 23.5. The van der Waals surface area contributed by atoms with Gasteiger partial charge in [-0.2, -0.15) is 0 Å². The molecule has 8 heterocycles.